The Kier molecular flexibility index (Phi) is 5.02. The van der Waals surface area contributed by atoms with Gasteiger partial charge < -0.3 is 10.1 Å². The predicted molar refractivity (Wildman–Crippen MR) is 116 cm³/mol. The second-order valence-electron chi connectivity index (χ2n) is 8.18. The van der Waals surface area contributed by atoms with Gasteiger partial charge in [-0.2, -0.15) is 0 Å². The molecule has 1 aliphatic carbocycles. The number of anilines is 1. The average Bonchev–Trinajstić information content (AvgIpc) is 3.47. The van der Waals surface area contributed by atoms with Crippen LogP contribution in [0.4, 0.5) is 5.69 Å². The maximum atomic E-state index is 12.9. The Hall–Kier alpha value is -1.67. The zero-order valence-electron chi connectivity index (χ0n) is 16.4. The van der Waals surface area contributed by atoms with Crippen molar-refractivity contribution >= 4 is 27.0 Å². The first-order valence-electron chi connectivity index (χ1n) is 10.3. The zero-order valence-corrected chi connectivity index (χ0v) is 18.1. The lowest BCUT2D eigenvalue weighted by Crippen LogP contribution is -2.32. The highest BCUT2D eigenvalue weighted by atomic mass is 32.2. The molecule has 3 aliphatic rings. The molecule has 0 bridgehead atoms. The molecule has 1 aromatic heterocycles. The van der Waals surface area contributed by atoms with Crippen LogP contribution < -0.4 is 10.0 Å². The van der Waals surface area contributed by atoms with E-state index in [4.69, 9.17) is 4.74 Å². The topological polar surface area (TPSA) is 67.4 Å². The molecule has 0 saturated carbocycles. The second-order valence-corrected chi connectivity index (χ2v) is 10.9. The molecule has 4 unspecified atom stereocenters. The Balaban J connectivity index is 1.43. The lowest BCUT2D eigenvalue weighted by Gasteiger charge is -2.37. The van der Waals surface area contributed by atoms with Crippen molar-refractivity contribution in [1.82, 2.24) is 4.72 Å². The minimum absolute atomic E-state index is 0.0130. The van der Waals surface area contributed by atoms with Crippen molar-refractivity contribution in [1.29, 1.82) is 0 Å². The lowest BCUT2D eigenvalue weighted by atomic mass is 9.78. The summed E-state index contributed by atoms with van der Waals surface area (Å²) in [5.74, 6) is 0.656. The Morgan fingerprint density at radius 3 is 2.97 bits per heavy atom. The highest BCUT2D eigenvalue weighted by Gasteiger charge is 2.39. The van der Waals surface area contributed by atoms with Crippen molar-refractivity contribution in [2.24, 2.45) is 5.92 Å². The molecule has 29 heavy (non-hydrogen) atoms. The average molecular weight is 431 g/mol. The maximum absolute atomic E-state index is 12.9. The Labute approximate surface area is 176 Å². The number of allylic oxidation sites excluding steroid dienone is 2. The number of sulfonamides is 1. The van der Waals surface area contributed by atoms with Gasteiger partial charge in [-0.15, -0.1) is 11.3 Å². The molecule has 0 amide bonds. The molecule has 1 fully saturated rings. The molecule has 0 spiro atoms. The zero-order chi connectivity index (χ0) is 20.0. The van der Waals surface area contributed by atoms with E-state index in [0.717, 1.165) is 37.1 Å². The van der Waals surface area contributed by atoms with E-state index in [0.29, 0.717) is 17.4 Å². The molecule has 4 atom stereocenters. The molecule has 2 N–H and O–H groups in total. The van der Waals surface area contributed by atoms with Gasteiger partial charge in [0.2, 0.25) is 10.0 Å². The smallest absolute Gasteiger partial charge is 0.240 e. The highest BCUT2D eigenvalue weighted by Crippen LogP contribution is 2.51. The fourth-order valence-corrected chi connectivity index (χ4v) is 6.95. The molecule has 1 aromatic carbocycles. The number of fused-ring (bicyclic) bond motifs is 3. The van der Waals surface area contributed by atoms with E-state index in [2.05, 4.69) is 40.6 Å². The van der Waals surface area contributed by atoms with E-state index in [1.165, 1.54) is 10.4 Å². The van der Waals surface area contributed by atoms with Gasteiger partial charge in [0, 0.05) is 29.6 Å². The van der Waals surface area contributed by atoms with Crippen LogP contribution in [0.25, 0.3) is 0 Å². The van der Waals surface area contributed by atoms with E-state index < -0.39 is 10.0 Å². The normalized spacial score (nSPS) is 28.2. The molecule has 2 aromatic rings. The second kappa shape index (κ2) is 7.54. The summed E-state index contributed by atoms with van der Waals surface area (Å²) in [4.78, 5) is 1.71. The Morgan fingerprint density at radius 1 is 1.31 bits per heavy atom. The summed E-state index contributed by atoms with van der Waals surface area (Å²) in [6, 6.07) is 7.92. The lowest BCUT2D eigenvalue weighted by molar-refractivity contribution is 0.114. The molecule has 1 saturated heterocycles. The summed E-state index contributed by atoms with van der Waals surface area (Å²) >= 11 is 1.80. The molecular weight excluding hydrogens is 404 g/mol. The van der Waals surface area contributed by atoms with E-state index in [-0.39, 0.29) is 18.1 Å². The summed E-state index contributed by atoms with van der Waals surface area (Å²) < 4.78 is 34.0. The standard InChI is InChI=1S/C22H26N2O3S2/c1-14-9-11-28-22(14)21-18-6-2-5-17(18)19-12-16(7-8-20(19)24-21)29(25,26)23-13-15-4-3-10-27-15/h2,5,7-9,11-12,15,17-18,21,23-24H,3-4,6,10,13H2,1H3. The quantitative estimate of drug-likeness (QED) is 0.693. The monoisotopic (exact) mass is 430 g/mol. The van der Waals surface area contributed by atoms with Crippen molar-refractivity contribution < 1.29 is 13.2 Å². The minimum atomic E-state index is -3.55. The number of ether oxygens (including phenoxy) is 1. The van der Waals surface area contributed by atoms with Gasteiger partial charge in [-0.1, -0.05) is 12.2 Å². The molecule has 7 heteroatoms. The van der Waals surface area contributed by atoms with E-state index in [1.807, 2.05) is 12.1 Å². The van der Waals surface area contributed by atoms with E-state index in [1.54, 1.807) is 17.4 Å². The van der Waals surface area contributed by atoms with Gasteiger partial charge in [-0.3, -0.25) is 0 Å². The van der Waals surface area contributed by atoms with Gasteiger partial charge in [0.1, 0.15) is 0 Å². The van der Waals surface area contributed by atoms with Crippen molar-refractivity contribution in [3.8, 4) is 0 Å². The van der Waals surface area contributed by atoms with E-state index >= 15 is 0 Å². The molecule has 5 rings (SSSR count). The van der Waals surface area contributed by atoms with Crippen LogP contribution >= 0.6 is 11.3 Å². The first-order valence-corrected chi connectivity index (χ1v) is 12.6. The van der Waals surface area contributed by atoms with Crippen molar-refractivity contribution in [3.05, 3.63) is 57.8 Å². The third-order valence-electron chi connectivity index (χ3n) is 6.35. The minimum Gasteiger partial charge on any atom is -0.377 e. The summed E-state index contributed by atoms with van der Waals surface area (Å²) in [5, 5.41) is 5.85. The fourth-order valence-electron chi connectivity index (χ4n) is 4.79. The van der Waals surface area contributed by atoms with Crippen LogP contribution in [0.1, 0.15) is 47.2 Å². The highest BCUT2D eigenvalue weighted by molar-refractivity contribution is 7.89. The van der Waals surface area contributed by atoms with Crippen LogP contribution in [0.5, 0.6) is 0 Å². The number of benzene rings is 1. The van der Waals surface area contributed by atoms with Gasteiger partial charge in [0.25, 0.3) is 0 Å². The molecule has 2 aliphatic heterocycles. The van der Waals surface area contributed by atoms with Gasteiger partial charge in [0.05, 0.1) is 17.0 Å². The van der Waals surface area contributed by atoms with Crippen LogP contribution in [0.3, 0.4) is 0 Å². The van der Waals surface area contributed by atoms with Crippen molar-refractivity contribution in [2.75, 3.05) is 18.5 Å². The third kappa shape index (κ3) is 3.54. The number of aryl methyl sites for hydroxylation is 1. The van der Waals surface area contributed by atoms with Crippen LogP contribution in [-0.2, 0) is 14.8 Å². The first kappa shape index (κ1) is 19.3. The number of rotatable bonds is 5. The Morgan fingerprint density at radius 2 is 2.21 bits per heavy atom. The van der Waals surface area contributed by atoms with Gasteiger partial charge in [-0.25, -0.2) is 13.1 Å². The molecular formula is C22H26N2O3S2. The SMILES string of the molecule is Cc1ccsc1C1Nc2ccc(S(=O)(=O)NCC3CCCO3)cc2C2C=CCC21. The van der Waals surface area contributed by atoms with Crippen LogP contribution in [-0.4, -0.2) is 27.7 Å². The fraction of sp³-hybridized carbons (Fsp3) is 0.455. The summed E-state index contributed by atoms with van der Waals surface area (Å²) in [7, 11) is -3.55. The first-order chi connectivity index (χ1) is 14.0. The third-order valence-corrected chi connectivity index (χ3v) is 8.88. The van der Waals surface area contributed by atoms with E-state index in [9.17, 15) is 8.42 Å². The number of nitrogens with one attached hydrogen (secondary N) is 2. The van der Waals surface area contributed by atoms with Crippen LogP contribution in [0.2, 0.25) is 0 Å². The molecule has 154 valence electrons. The molecule has 3 heterocycles. The summed E-state index contributed by atoms with van der Waals surface area (Å²) in [5.41, 5.74) is 3.43. The maximum Gasteiger partial charge on any atom is 0.240 e. The number of hydrogen-bond acceptors (Lipinski definition) is 5. The van der Waals surface area contributed by atoms with Crippen LogP contribution in [0.15, 0.2) is 46.7 Å². The molecule has 5 nitrogen and oxygen atoms in total. The predicted octanol–water partition coefficient (Wildman–Crippen LogP) is 4.34. The van der Waals surface area contributed by atoms with Gasteiger partial charge in [-0.05, 0) is 72.9 Å². The summed E-state index contributed by atoms with van der Waals surface area (Å²) in [6.07, 6.45) is 7.38. The van der Waals surface area contributed by atoms with Crippen molar-refractivity contribution in [2.45, 2.75) is 49.1 Å². The Bertz CT molecular complexity index is 1040. The summed E-state index contributed by atoms with van der Waals surface area (Å²) in [6.45, 7) is 3.22. The van der Waals surface area contributed by atoms with Gasteiger partial charge >= 0.3 is 0 Å². The van der Waals surface area contributed by atoms with Crippen LogP contribution in [0, 0.1) is 12.8 Å². The number of thiophene rings is 1. The molecule has 0 radical (unpaired) electrons. The largest absolute Gasteiger partial charge is 0.377 e. The van der Waals surface area contributed by atoms with Crippen molar-refractivity contribution in [3.63, 3.8) is 0 Å². The van der Waals surface area contributed by atoms with Gasteiger partial charge in [0.15, 0.2) is 0 Å². The number of hydrogen-bond donors (Lipinski definition) is 2.